The summed E-state index contributed by atoms with van der Waals surface area (Å²) in [6, 6.07) is 8.01. The van der Waals surface area contributed by atoms with Crippen LogP contribution in [0.3, 0.4) is 0 Å². The number of para-hydroxylation sites is 1. The van der Waals surface area contributed by atoms with Crippen molar-refractivity contribution >= 4 is 21.6 Å². The van der Waals surface area contributed by atoms with Crippen LogP contribution in [0.2, 0.25) is 0 Å². The van der Waals surface area contributed by atoms with E-state index in [9.17, 15) is 4.79 Å². The number of nitrogens with zero attached hydrogens (tertiary/aromatic N) is 3. The molecule has 0 aliphatic carbocycles. The zero-order valence-electron chi connectivity index (χ0n) is 15.4. The van der Waals surface area contributed by atoms with Crippen molar-refractivity contribution in [2.45, 2.75) is 27.3 Å². The average molecular weight is 369 g/mol. The number of thiophene rings is 1. The van der Waals surface area contributed by atoms with Crippen molar-refractivity contribution in [2.24, 2.45) is 0 Å². The summed E-state index contributed by atoms with van der Waals surface area (Å²) in [6.07, 6.45) is 0. The minimum absolute atomic E-state index is 0.0365. The Kier molecular flexibility index (Phi) is 4.65. The molecule has 0 radical (unpaired) electrons. The maximum absolute atomic E-state index is 13.5. The molecular formula is C20H23N3O2S. The van der Waals surface area contributed by atoms with Crippen LogP contribution in [0.25, 0.3) is 15.9 Å². The van der Waals surface area contributed by atoms with Gasteiger partial charge in [0.15, 0.2) is 0 Å². The van der Waals surface area contributed by atoms with Crippen LogP contribution < -0.4 is 5.56 Å². The standard InChI is InChI=1S/C20H23N3O2S/c1-13-6-4-5-7-16(13)23-17(12-22-8-10-25-11-9-22)21-19-18(20(23)24)14(2)15(3)26-19/h4-7H,8-12H2,1-3H3. The molecule has 3 aromatic rings. The van der Waals surface area contributed by atoms with Gasteiger partial charge in [-0.15, -0.1) is 11.3 Å². The fourth-order valence-corrected chi connectivity index (χ4v) is 4.50. The van der Waals surface area contributed by atoms with Crippen LogP contribution in [0.5, 0.6) is 0 Å². The van der Waals surface area contributed by atoms with E-state index in [1.54, 1.807) is 11.3 Å². The molecule has 1 aliphatic heterocycles. The second-order valence-electron chi connectivity index (χ2n) is 6.81. The molecule has 5 nitrogen and oxygen atoms in total. The van der Waals surface area contributed by atoms with E-state index in [-0.39, 0.29) is 5.56 Å². The van der Waals surface area contributed by atoms with Crippen LogP contribution in [0.4, 0.5) is 0 Å². The molecule has 1 aliphatic rings. The van der Waals surface area contributed by atoms with Crippen molar-refractivity contribution in [3.8, 4) is 5.69 Å². The lowest BCUT2D eigenvalue weighted by molar-refractivity contribution is 0.0327. The normalized spacial score (nSPS) is 15.7. The maximum atomic E-state index is 13.5. The first-order valence-corrected chi connectivity index (χ1v) is 9.75. The molecule has 6 heteroatoms. The highest BCUT2D eigenvalue weighted by molar-refractivity contribution is 7.18. The lowest BCUT2D eigenvalue weighted by Crippen LogP contribution is -2.38. The minimum Gasteiger partial charge on any atom is -0.379 e. The van der Waals surface area contributed by atoms with Crippen molar-refractivity contribution in [2.75, 3.05) is 26.3 Å². The van der Waals surface area contributed by atoms with Gasteiger partial charge in [0.05, 0.1) is 30.8 Å². The topological polar surface area (TPSA) is 47.4 Å². The van der Waals surface area contributed by atoms with E-state index in [0.717, 1.165) is 64.0 Å². The molecule has 1 fully saturated rings. The summed E-state index contributed by atoms with van der Waals surface area (Å²) in [5.74, 6) is 0.806. The number of fused-ring (bicyclic) bond motifs is 1. The summed E-state index contributed by atoms with van der Waals surface area (Å²) in [5.41, 5.74) is 3.07. The molecule has 3 heterocycles. The molecule has 26 heavy (non-hydrogen) atoms. The first-order chi connectivity index (χ1) is 12.6. The maximum Gasteiger partial charge on any atom is 0.267 e. The first-order valence-electron chi connectivity index (χ1n) is 8.94. The number of ether oxygens (including phenoxy) is 1. The third-order valence-corrected chi connectivity index (χ3v) is 6.20. The van der Waals surface area contributed by atoms with Gasteiger partial charge in [-0.3, -0.25) is 14.3 Å². The second kappa shape index (κ2) is 6.95. The highest BCUT2D eigenvalue weighted by Crippen LogP contribution is 2.27. The molecule has 1 saturated heterocycles. The summed E-state index contributed by atoms with van der Waals surface area (Å²) in [6.45, 7) is 9.95. The molecule has 0 amide bonds. The number of aryl methyl sites for hydroxylation is 3. The highest BCUT2D eigenvalue weighted by atomic mass is 32.1. The Morgan fingerprint density at radius 1 is 1.15 bits per heavy atom. The van der Waals surface area contributed by atoms with Gasteiger partial charge in [-0.25, -0.2) is 4.98 Å². The third-order valence-electron chi connectivity index (χ3n) is 5.10. The van der Waals surface area contributed by atoms with E-state index in [0.29, 0.717) is 6.54 Å². The van der Waals surface area contributed by atoms with E-state index in [1.807, 2.05) is 42.7 Å². The fourth-order valence-electron chi connectivity index (χ4n) is 3.46. The number of rotatable bonds is 3. The second-order valence-corrected chi connectivity index (χ2v) is 8.01. The summed E-state index contributed by atoms with van der Waals surface area (Å²) >= 11 is 1.61. The number of hydrogen-bond donors (Lipinski definition) is 0. The zero-order valence-corrected chi connectivity index (χ0v) is 16.2. The van der Waals surface area contributed by atoms with E-state index < -0.39 is 0 Å². The Labute approximate surface area is 156 Å². The molecule has 0 spiro atoms. The monoisotopic (exact) mass is 369 g/mol. The van der Waals surface area contributed by atoms with Crippen LogP contribution in [0.15, 0.2) is 29.1 Å². The highest BCUT2D eigenvalue weighted by Gasteiger charge is 2.21. The van der Waals surface area contributed by atoms with Gasteiger partial charge >= 0.3 is 0 Å². The summed E-state index contributed by atoms with van der Waals surface area (Å²) in [7, 11) is 0. The Morgan fingerprint density at radius 3 is 2.62 bits per heavy atom. The predicted octanol–water partition coefficient (Wildman–Crippen LogP) is 3.20. The van der Waals surface area contributed by atoms with E-state index >= 15 is 0 Å². The van der Waals surface area contributed by atoms with Gasteiger partial charge in [0.1, 0.15) is 10.7 Å². The number of hydrogen-bond acceptors (Lipinski definition) is 5. The van der Waals surface area contributed by atoms with E-state index in [4.69, 9.17) is 9.72 Å². The Balaban J connectivity index is 1.94. The van der Waals surface area contributed by atoms with Gasteiger partial charge in [0.25, 0.3) is 5.56 Å². The van der Waals surface area contributed by atoms with Crippen LogP contribution in [0, 0.1) is 20.8 Å². The van der Waals surface area contributed by atoms with Crippen LogP contribution in [-0.2, 0) is 11.3 Å². The minimum atomic E-state index is 0.0365. The Morgan fingerprint density at radius 2 is 1.88 bits per heavy atom. The van der Waals surface area contributed by atoms with Crippen molar-refractivity contribution in [3.63, 3.8) is 0 Å². The zero-order chi connectivity index (χ0) is 18.3. The lowest BCUT2D eigenvalue weighted by Gasteiger charge is -2.27. The van der Waals surface area contributed by atoms with Crippen molar-refractivity contribution in [1.82, 2.24) is 14.5 Å². The first kappa shape index (κ1) is 17.4. The van der Waals surface area contributed by atoms with Gasteiger partial charge in [0.2, 0.25) is 0 Å². The van der Waals surface area contributed by atoms with Crippen molar-refractivity contribution in [3.05, 3.63) is 56.4 Å². The van der Waals surface area contributed by atoms with Gasteiger partial charge in [-0.1, -0.05) is 18.2 Å². The van der Waals surface area contributed by atoms with E-state index in [1.165, 1.54) is 0 Å². The molecule has 0 bridgehead atoms. The largest absolute Gasteiger partial charge is 0.379 e. The van der Waals surface area contributed by atoms with E-state index in [2.05, 4.69) is 11.8 Å². The molecule has 2 aromatic heterocycles. The van der Waals surface area contributed by atoms with Crippen molar-refractivity contribution < 1.29 is 4.74 Å². The number of aromatic nitrogens is 2. The van der Waals surface area contributed by atoms with Gasteiger partial charge < -0.3 is 4.74 Å². The van der Waals surface area contributed by atoms with Gasteiger partial charge in [-0.05, 0) is 38.0 Å². The average Bonchev–Trinajstić information content (AvgIpc) is 2.91. The predicted molar refractivity (Wildman–Crippen MR) is 106 cm³/mol. The molecule has 0 N–H and O–H groups in total. The number of morpholine rings is 1. The summed E-state index contributed by atoms with van der Waals surface area (Å²) in [5, 5.41) is 0.751. The van der Waals surface area contributed by atoms with Gasteiger partial charge in [0, 0.05) is 18.0 Å². The molecule has 4 rings (SSSR count). The van der Waals surface area contributed by atoms with Crippen molar-refractivity contribution in [1.29, 1.82) is 0 Å². The number of benzene rings is 1. The quantitative estimate of drug-likeness (QED) is 0.711. The van der Waals surface area contributed by atoms with Crippen LogP contribution in [0.1, 0.15) is 21.8 Å². The fraction of sp³-hybridized carbons (Fsp3) is 0.400. The molecule has 1 aromatic carbocycles. The lowest BCUT2D eigenvalue weighted by atomic mass is 10.1. The SMILES string of the molecule is Cc1ccccc1-n1c(CN2CCOCC2)nc2sc(C)c(C)c2c1=O. The Bertz CT molecular complexity index is 1020. The summed E-state index contributed by atoms with van der Waals surface area (Å²) in [4.78, 5) is 22.7. The molecule has 0 atom stereocenters. The Hall–Kier alpha value is -2.02. The van der Waals surface area contributed by atoms with Crippen LogP contribution >= 0.6 is 11.3 Å². The smallest absolute Gasteiger partial charge is 0.267 e. The van der Waals surface area contributed by atoms with Crippen LogP contribution in [-0.4, -0.2) is 40.8 Å². The third kappa shape index (κ3) is 2.98. The molecule has 0 unspecified atom stereocenters. The molecule has 136 valence electrons. The molecular weight excluding hydrogens is 346 g/mol. The summed E-state index contributed by atoms with van der Waals surface area (Å²) < 4.78 is 7.27. The van der Waals surface area contributed by atoms with Gasteiger partial charge in [-0.2, -0.15) is 0 Å². The molecule has 0 saturated carbocycles.